The van der Waals surface area contributed by atoms with E-state index < -0.39 is 12.2 Å². The number of aliphatic hydroxyl groups excluding tert-OH is 2. The highest BCUT2D eigenvalue weighted by Gasteiger charge is 2.23. The first-order valence-corrected chi connectivity index (χ1v) is 7.37. The molecule has 4 heteroatoms. The molecule has 2 unspecified atom stereocenters. The van der Waals surface area contributed by atoms with Crippen LogP contribution in [0.1, 0.15) is 48.3 Å². The number of hydrogen-bond donors (Lipinski definition) is 2. The van der Waals surface area contributed by atoms with Crippen LogP contribution < -0.4 is 0 Å². The summed E-state index contributed by atoms with van der Waals surface area (Å²) >= 11 is 0. The van der Waals surface area contributed by atoms with E-state index in [-0.39, 0.29) is 5.41 Å². The molecule has 2 N–H and O–H groups in total. The Morgan fingerprint density at radius 1 is 0.739 bits per heavy atom. The molecular formula is C19H20O4. The second-order valence-corrected chi connectivity index (χ2v) is 6.03. The van der Waals surface area contributed by atoms with Crippen LogP contribution in [0.2, 0.25) is 0 Å². The maximum absolute atomic E-state index is 10.6. The van der Waals surface area contributed by atoms with E-state index in [2.05, 4.69) is 13.8 Å². The normalized spacial score (nSPS) is 14.1. The first-order valence-electron chi connectivity index (χ1n) is 7.37. The van der Waals surface area contributed by atoms with Crippen molar-refractivity contribution < 1.29 is 19.8 Å². The zero-order valence-electron chi connectivity index (χ0n) is 13.1. The molecule has 0 amide bonds. The number of benzene rings is 2. The molecule has 2 rings (SSSR count). The predicted molar refractivity (Wildman–Crippen MR) is 87.1 cm³/mol. The van der Waals surface area contributed by atoms with Crippen molar-refractivity contribution in [2.75, 3.05) is 0 Å². The molecule has 0 heterocycles. The molecule has 0 saturated heterocycles. The Labute approximate surface area is 135 Å². The van der Waals surface area contributed by atoms with Crippen LogP contribution in [-0.4, -0.2) is 22.8 Å². The summed E-state index contributed by atoms with van der Waals surface area (Å²) in [7, 11) is 0. The van der Waals surface area contributed by atoms with Crippen LogP contribution in [-0.2, 0) is 15.0 Å². The summed E-state index contributed by atoms with van der Waals surface area (Å²) in [4.78, 5) is 21.3. The molecule has 0 bridgehead atoms. The molecule has 120 valence electrons. The van der Waals surface area contributed by atoms with Crippen molar-refractivity contribution in [1.29, 1.82) is 0 Å². The number of hydrogen-bond acceptors (Lipinski definition) is 4. The van der Waals surface area contributed by atoms with E-state index in [9.17, 15) is 19.8 Å². The zero-order chi connectivity index (χ0) is 17.0. The fraction of sp³-hybridized carbons (Fsp3) is 0.263. The predicted octanol–water partition coefficient (Wildman–Crippen LogP) is 2.48. The summed E-state index contributed by atoms with van der Waals surface area (Å²) in [5.41, 5.74) is 2.88. The first kappa shape index (κ1) is 17.1. The minimum absolute atomic E-state index is 0.296. The van der Waals surface area contributed by atoms with Crippen LogP contribution in [0.25, 0.3) is 0 Å². The minimum atomic E-state index is -1.10. The summed E-state index contributed by atoms with van der Waals surface area (Å²) in [5.74, 6) is 0. The largest absolute Gasteiger partial charge is 0.381 e. The molecule has 2 atom stereocenters. The molecule has 2 aromatic carbocycles. The lowest BCUT2D eigenvalue weighted by atomic mass is 9.77. The smallest absolute Gasteiger partial charge is 0.153 e. The van der Waals surface area contributed by atoms with Gasteiger partial charge in [0.05, 0.1) is 0 Å². The van der Waals surface area contributed by atoms with Crippen LogP contribution in [0.5, 0.6) is 0 Å². The van der Waals surface area contributed by atoms with Gasteiger partial charge in [0, 0.05) is 5.41 Å². The monoisotopic (exact) mass is 312 g/mol. The van der Waals surface area contributed by atoms with Crippen LogP contribution in [0, 0.1) is 0 Å². The van der Waals surface area contributed by atoms with Gasteiger partial charge in [-0.2, -0.15) is 0 Å². The maximum atomic E-state index is 10.6. The van der Waals surface area contributed by atoms with Crippen LogP contribution >= 0.6 is 0 Å². The van der Waals surface area contributed by atoms with Gasteiger partial charge in [-0.05, 0) is 22.3 Å². The summed E-state index contributed by atoms with van der Waals surface area (Å²) in [5, 5.41) is 19.1. The van der Waals surface area contributed by atoms with Crippen LogP contribution in [0.15, 0.2) is 48.5 Å². The number of carbonyl (C=O) groups excluding carboxylic acids is 2. The zero-order valence-corrected chi connectivity index (χ0v) is 13.1. The van der Waals surface area contributed by atoms with Gasteiger partial charge in [0.2, 0.25) is 0 Å². The summed E-state index contributed by atoms with van der Waals surface area (Å²) in [6.45, 7) is 4.12. The quantitative estimate of drug-likeness (QED) is 0.804. The lowest BCUT2D eigenvalue weighted by Crippen LogP contribution is -2.19. The van der Waals surface area contributed by atoms with Gasteiger partial charge in [0.15, 0.2) is 12.6 Å². The Hall–Kier alpha value is -2.30. The lowest BCUT2D eigenvalue weighted by Gasteiger charge is -2.27. The van der Waals surface area contributed by atoms with Gasteiger partial charge in [-0.25, -0.2) is 0 Å². The average molecular weight is 312 g/mol. The molecule has 0 fully saturated rings. The van der Waals surface area contributed by atoms with Crippen molar-refractivity contribution in [3.05, 3.63) is 70.8 Å². The van der Waals surface area contributed by atoms with Crippen LogP contribution in [0.4, 0.5) is 0 Å². The Morgan fingerprint density at radius 3 is 1.30 bits per heavy atom. The topological polar surface area (TPSA) is 74.6 Å². The third kappa shape index (κ3) is 3.55. The highest BCUT2D eigenvalue weighted by Crippen LogP contribution is 2.32. The van der Waals surface area contributed by atoms with Gasteiger partial charge in [-0.3, -0.25) is 0 Å². The highest BCUT2D eigenvalue weighted by molar-refractivity contribution is 5.60. The number of aliphatic hydroxyl groups is 2. The molecular weight excluding hydrogens is 292 g/mol. The van der Waals surface area contributed by atoms with Crippen molar-refractivity contribution in [2.45, 2.75) is 31.5 Å². The molecule has 0 aliphatic rings. The molecule has 2 aromatic rings. The Kier molecular flexibility index (Phi) is 5.08. The van der Waals surface area contributed by atoms with E-state index in [0.29, 0.717) is 23.7 Å². The summed E-state index contributed by atoms with van der Waals surface area (Å²) in [6, 6.07) is 14.5. The van der Waals surface area contributed by atoms with E-state index in [1.807, 2.05) is 24.3 Å². The highest BCUT2D eigenvalue weighted by atomic mass is 16.3. The second kappa shape index (κ2) is 6.86. The molecule has 0 radical (unpaired) electrons. The number of carbonyl (C=O) groups is 2. The van der Waals surface area contributed by atoms with E-state index in [1.54, 1.807) is 24.3 Å². The van der Waals surface area contributed by atoms with E-state index in [1.165, 1.54) is 0 Å². The van der Waals surface area contributed by atoms with E-state index in [4.69, 9.17) is 0 Å². The van der Waals surface area contributed by atoms with E-state index in [0.717, 1.165) is 11.1 Å². The minimum Gasteiger partial charge on any atom is -0.381 e. The average Bonchev–Trinajstić information content (AvgIpc) is 2.60. The second-order valence-electron chi connectivity index (χ2n) is 6.03. The molecule has 0 aromatic heterocycles. The van der Waals surface area contributed by atoms with Gasteiger partial charge in [-0.15, -0.1) is 0 Å². The third-order valence-electron chi connectivity index (χ3n) is 4.21. The van der Waals surface area contributed by atoms with Crippen molar-refractivity contribution in [3.63, 3.8) is 0 Å². The van der Waals surface area contributed by atoms with Crippen molar-refractivity contribution in [1.82, 2.24) is 0 Å². The van der Waals surface area contributed by atoms with Gasteiger partial charge >= 0.3 is 0 Å². The van der Waals surface area contributed by atoms with Crippen LogP contribution in [0.3, 0.4) is 0 Å². The molecule has 4 nitrogen and oxygen atoms in total. The van der Waals surface area contributed by atoms with Gasteiger partial charge in [0.1, 0.15) is 12.2 Å². The van der Waals surface area contributed by atoms with Crippen molar-refractivity contribution in [2.24, 2.45) is 0 Å². The van der Waals surface area contributed by atoms with Crippen molar-refractivity contribution >= 4 is 12.6 Å². The Morgan fingerprint density at radius 2 is 1.04 bits per heavy atom. The number of aldehydes is 2. The first-order chi connectivity index (χ1) is 10.9. The fourth-order valence-electron chi connectivity index (χ4n) is 2.52. The Bertz CT molecular complexity index is 612. The number of rotatable bonds is 6. The fourth-order valence-corrected chi connectivity index (χ4v) is 2.52. The summed E-state index contributed by atoms with van der Waals surface area (Å²) < 4.78 is 0. The standard InChI is InChI=1S/C19H20O4/c1-19(2,15-7-3-13(4-8-15)17(22)11-20)16-9-5-14(6-10-16)18(23)12-21/h3-12,17-18,22-23H,1-2H3. The maximum Gasteiger partial charge on any atom is 0.153 e. The van der Waals surface area contributed by atoms with E-state index >= 15 is 0 Å². The van der Waals surface area contributed by atoms with Crippen molar-refractivity contribution in [3.8, 4) is 0 Å². The SMILES string of the molecule is CC(C)(c1ccc(C(O)C=O)cc1)c1ccc(C(O)C=O)cc1. The van der Waals surface area contributed by atoms with Gasteiger partial charge in [-0.1, -0.05) is 62.4 Å². The Balaban J connectivity index is 2.30. The molecule has 0 saturated carbocycles. The summed E-state index contributed by atoms with van der Waals surface area (Å²) in [6.07, 6.45) is -1.21. The third-order valence-corrected chi connectivity index (χ3v) is 4.21. The molecule has 23 heavy (non-hydrogen) atoms. The molecule has 0 spiro atoms. The molecule has 0 aliphatic heterocycles. The van der Waals surface area contributed by atoms with Gasteiger partial charge < -0.3 is 19.8 Å². The molecule has 0 aliphatic carbocycles. The lowest BCUT2D eigenvalue weighted by molar-refractivity contribution is -0.115. The van der Waals surface area contributed by atoms with Gasteiger partial charge in [0.25, 0.3) is 0 Å².